The number of benzene rings is 1. The Bertz CT molecular complexity index is 471. The number of carbonyl (C=O) groups excluding carboxylic acids is 1. The number of fused-ring (bicyclic) bond motifs is 1. The van der Waals surface area contributed by atoms with E-state index in [1.807, 2.05) is 24.3 Å². The molecule has 1 aromatic heterocycles. The maximum atomic E-state index is 11.7. The Morgan fingerprint density at radius 2 is 2.07 bits per heavy atom. The highest BCUT2D eigenvalue weighted by Gasteiger charge is 2.15. The molecular weight excluding hydrogens is 178 g/mol. The van der Waals surface area contributed by atoms with Crippen LogP contribution in [0, 0.1) is 6.26 Å². The maximum Gasteiger partial charge on any atom is 0.258 e. The van der Waals surface area contributed by atoms with Crippen LogP contribution in [-0.2, 0) is 0 Å². The van der Waals surface area contributed by atoms with Crippen molar-refractivity contribution in [2.75, 3.05) is 14.1 Å². The summed E-state index contributed by atoms with van der Waals surface area (Å²) in [6.07, 6.45) is 2.63. The summed E-state index contributed by atoms with van der Waals surface area (Å²) >= 11 is 0. The van der Waals surface area contributed by atoms with E-state index in [2.05, 4.69) is 6.26 Å². The van der Waals surface area contributed by atoms with Crippen LogP contribution in [0.15, 0.2) is 28.7 Å². The molecule has 0 unspecified atom stereocenters. The molecule has 71 valence electrons. The molecule has 3 nitrogen and oxygen atoms in total. The fraction of sp³-hybridized carbons (Fsp3) is 0.182. The summed E-state index contributed by atoms with van der Waals surface area (Å²) in [5.74, 6) is -0.0880. The Kier molecular flexibility index (Phi) is 2.00. The van der Waals surface area contributed by atoms with Gasteiger partial charge in [-0.15, -0.1) is 0 Å². The average molecular weight is 188 g/mol. The van der Waals surface area contributed by atoms with Crippen molar-refractivity contribution in [3.63, 3.8) is 0 Å². The van der Waals surface area contributed by atoms with E-state index in [1.165, 1.54) is 4.90 Å². The minimum atomic E-state index is -0.0880. The zero-order valence-electron chi connectivity index (χ0n) is 8.07. The number of amides is 1. The van der Waals surface area contributed by atoms with Gasteiger partial charge >= 0.3 is 0 Å². The largest absolute Gasteiger partial charge is 0.452 e. The van der Waals surface area contributed by atoms with E-state index in [0.29, 0.717) is 11.1 Å². The smallest absolute Gasteiger partial charge is 0.258 e. The van der Waals surface area contributed by atoms with Gasteiger partial charge in [0.25, 0.3) is 5.91 Å². The Hall–Kier alpha value is -1.77. The van der Waals surface area contributed by atoms with Crippen molar-refractivity contribution >= 4 is 16.9 Å². The van der Waals surface area contributed by atoms with Crippen molar-refractivity contribution in [2.45, 2.75) is 0 Å². The molecule has 0 fully saturated rings. The second kappa shape index (κ2) is 3.18. The molecule has 1 radical (unpaired) electrons. The highest BCUT2D eigenvalue weighted by Crippen LogP contribution is 2.20. The minimum absolute atomic E-state index is 0.0880. The van der Waals surface area contributed by atoms with Crippen LogP contribution in [0.2, 0.25) is 0 Å². The molecule has 1 aromatic carbocycles. The van der Waals surface area contributed by atoms with Gasteiger partial charge in [0.1, 0.15) is 5.58 Å². The van der Waals surface area contributed by atoms with Gasteiger partial charge in [0.2, 0.25) is 0 Å². The third-order valence-corrected chi connectivity index (χ3v) is 2.04. The van der Waals surface area contributed by atoms with Gasteiger partial charge in [0, 0.05) is 19.5 Å². The predicted molar refractivity (Wildman–Crippen MR) is 53.1 cm³/mol. The van der Waals surface area contributed by atoms with Gasteiger partial charge in [-0.1, -0.05) is 18.2 Å². The first-order valence-electron chi connectivity index (χ1n) is 4.31. The summed E-state index contributed by atoms with van der Waals surface area (Å²) in [5, 5.41) is 0.811. The quantitative estimate of drug-likeness (QED) is 0.685. The molecule has 0 aliphatic heterocycles. The van der Waals surface area contributed by atoms with Crippen molar-refractivity contribution < 1.29 is 9.21 Å². The SMILES string of the molecule is CN(C)C(=O)c1[c]oc2ccccc12. The average Bonchev–Trinajstić information content (AvgIpc) is 2.60. The highest BCUT2D eigenvalue weighted by molar-refractivity contribution is 6.05. The van der Waals surface area contributed by atoms with Crippen molar-refractivity contribution in [1.29, 1.82) is 0 Å². The van der Waals surface area contributed by atoms with Gasteiger partial charge in [-0.25, -0.2) is 0 Å². The third-order valence-electron chi connectivity index (χ3n) is 2.04. The summed E-state index contributed by atoms with van der Waals surface area (Å²) in [6.45, 7) is 0. The minimum Gasteiger partial charge on any atom is -0.452 e. The van der Waals surface area contributed by atoms with E-state index in [4.69, 9.17) is 4.42 Å². The molecule has 2 aromatic rings. The van der Waals surface area contributed by atoms with Gasteiger partial charge in [-0.2, -0.15) is 0 Å². The Balaban J connectivity index is 2.58. The molecule has 1 amide bonds. The monoisotopic (exact) mass is 188 g/mol. The van der Waals surface area contributed by atoms with Crippen LogP contribution < -0.4 is 0 Å². The molecule has 0 aliphatic rings. The highest BCUT2D eigenvalue weighted by atomic mass is 16.3. The van der Waals surface area contributed by atoms with Crippen molar-refractivity contribution in [3.05, 3.63) is 36.1 Å². The second-order valence-corrected chi connectivity index (χ2v) is 3.27. The lowest BCUT2D eigenvalue weighted by Crippen LogP contribution is -2.21. The molecule has 0 bridgehead atoms. The van der Waals surface area contributed by atoms with Crippen LogP contribution in [0.5, 0.6) is 0 Å². The van der Waals surface area contributed by atoms with Gasteiger partial charge in [0.15, 0.2) is 6.26 Å². The second-order valence-electron chi connectivity index (χ2n) is 3.27. The van der Waals surface area contributed by atoms with Crippen LogP contribution >= 0.6 is 0 Å². The topological polar surface area (TPSA) is 33.5 Å². The summed E-state index contributed by atoms with van der Waals surface area (Å²) in [5.41, 5.74) is 1.18. The molecule has 14 heavy (non-hydrogen) atoms. The molecule has 0 atom stereocenters. The molecule has 0 saturated heterocycles. The standard InChI is InChI=1S/C11H10NO2/c1-12(2)11(13)9-7-14-10-6-4-3-5-8(9)10/h3-6H,1-2H3. The summed E-state index contributed by atoms with van der Waals surface area (Å²) < 4.78 is 5.15. The Morgan fingerprint density at radius 1 is 1.36 bits per heavy atom. The van der Waals surface area contributed by atoms with Gasteiger partial charge in [-0.3, -0.25) is 4.79 Å². The normalized spacial score (nSPS) is 10.4. The van der Waals surface area contributed by atoms with E-state index < -0.39 is 0 Å². The Labute approximate surface area is 81.9 Å². The lowest BCUT2D eigenvalue weighted by Gasteiger charge is -2.07. The third kappa shape index (κ3) is 1.27. The zero-order chi connectivity index (χ0) is 10.1. The van der Waals surface area contributed by atoms with Gasteiger partial charge < -0.3 is 9.32 Å². The molecule has 0 saturated carbocycles. The van der Waals surface area contributed by atoms with Crippen LogP contribution in [0.3, 0.4) is 0 Å². The van der Waals surface area contributed by atoms with E-state index in [0.717, 1.165) is 5.39 Å². The van der Waals surface area contributed by atoms with Gasteiger partial charge in [0.05, 0.1) is 5.56 Å². The summed E-state index contributed by atoms with van der Waals surface area (Å²) in [4.78, 5) is 13.2. The van der Waals surface area contributed by atoms with Crippen molar-refractivity contribution in [3.8, 4) is 0 Å². The van der Waals surface area contributed by atoms with Crippen LogP contribution in [0.25, 0.3) is 11.0 Å². The predicted octanol–water partition coefficient (Wildman–Crippen LogP) is 1.93. The number of rotatable bonds is 1. The number of hydrogen-bond donors (Lipinski definition) is 0. The summed E-state index contributed by atoms with van der Waals surface area (Å²) in [6, 6.07) is 7.41. The molecule has 0 aliphatic carbocycles. The number of nitrogens with zero attached hydrogens (tertiary/aromatic N) is 1. The molecule has 2 rings (SSSR count). The molecule has 0 N–H and O–H groups in total. The molecule has 1 heterocycles. The van der Waals surface area contributed by atoms with Crippen molar-refractivity contribution in [1.82, 2.24) is 4.90 Å². The van der Waals surface area contributed by atoms with Gasteiger partial charge in [-0.05, 0) is 6.07 Å². The zero-order valence-corrected chi connectivity index (χ0v) is 8.07. The van der Waals surface area contributed by atoms with E-state index >= 15 is 0 Å². The van der Waals surface area contributed by atoms with Crippen LogP contribution in [0.1, 0.15) is 10.4 Å². The fourth-order valence-electron chi connectivity index (χ4n) is 1.31. The van der Waals surface area contributed by atoms with E-state index in [-0.39, 0.29) is 5.91 Å². The van der Waals surface area contributed by atoms with E-state index in [1.54, 1.807) is 14.1 Å². The number of carbonyl (C=O) groups is 1. The number of para-hydroxylation sites is 1. The first kappa shape index (κ1) is 8.81. The Morgan fingerprint density at radius 3 is 2.79 bits per heavy atom. The molecule has 3 heteroatoms. The maximum absolute atomic E-state index is 11.7. The van der Waals surface area contributed by atoms with Crippen molar-refractivity contribution in [2.24, 2.45) is 0 Å². The van der Waals surface area contributed by atoms with Crippen LogP contribution in [0.4, 0.5) is 0 Å². The number of hydrogen-bond acceptors (Lipinski definition) is 2. The molecular formula is C11H10NO2. The number of furan rings is 1. The lowest BCUT2D eigenvalue weighted by molar-refractivity contribution is 0.0828. The summed E-state index contributed by atoms with van der Waals surface area (Å²) in [7, 11) is 3.41. The first-order valence-corrected chi connectivity index (χ1v) is 4.31. The molecule has 0 spiro atoms. The first-order chi connectivity index (χ1) is 6.70. The van der Waals surface area contributed by atoms with E-state index in [9.17, 15) is 4.79 Å². The fourth-order valence-corrected chi connectivity index (χ4v) is 1.31. The lowest BCUT2D eigenvalue weighted by atomic mass is 10.1. The van der Waals surface area contributed by atoms with Crippen LogP contribution in [-0.4, -0.2) is 24.9 Å².